The normalized spacial score (nSPS) is 13.9. The van der Waals surface area contributed by atoms with E-state index < -0.39 is 17.1 Å². The molecular weight excluding hydrogens is 366 g/mol. The third kappa shape index (κ3) is 3.00. The van der Waals surface area contributed by atoms with Crippen molar-refractivity contribution < 1.29 is 5.11 Å². The van der Waals surface area contributed by atoms with Gasteiger partial charge in [0.1, 0.15) is 5.56 Å². The highest BCUT2D eigenvalue weighted by atomic mass is 35.5. The van der Waals surface area contributed by atoms with Gasteiger partial charge in [0.05, 0.1) is 11.4 Å². The van der Waals surface area contributed by atoms with Gasteiger partial charge in [0.25, 0.3) is 5.56 Å². The predicted molar refractivity (Wildman–Crippen MR) is 107 cm³/mol. The monoisotopic (exact) mass is 379 g/mol. The van der Waals surface area contributed by atoms with E-state index in [4.69, 9.17) is 11.6 Å². The zero-order valence-electron chi connectivity index (χ0n) is 14.2. The summed E-state index contributed by atoms with van der Waals surface area (Å²) in [6.07, 6.45) is 3.15. The number of aromatic hydroxyl groups is 1. The lowest BCUT2D eigenvalue weighted by atomic mass is 10.0. The molecule has 1 aliphatic heterocycles. The van der Waals surface area contributed by atoms with Gasteiger partial charge < -0.3 is 5.11 Å². The molecule has 2 aromatic carbocycles. The van der Waals surface area contributed by atoms with Crippen LogP contribution in [-0.4, -0.2) is 20.9 Å². The summed E-state index contributed by atoms with van der Waals surface area (Å²) in [6, 6.07) is 12.1. The van der Waals surface area contributed by atoms with Gasteiger partial charge in [-0.25, -0.2) is 9.36 Å². The first-order valence-corrected chi connectivity index (χ1v) is 8.53. The molecule has 2 heterocycles. The summed E-state index contributed by atoms with van der Waals surface area (Å²) in [6.45, 7) is 1.96. The first-order valence-electron chi connectivity index (χ1n) is 8.15. The maximum atomic E-state index is 12.3. The Morgan fingerprint density at radius 3 is 2.63 bits per heavy atom. The van der Waals surface area contributed by atoms with Gasteiger partial charge >= 0.3 is 5.69 Å². The number of hydrogen-bond donors (Lipinski definition) is 2. The van der Waals surface area contributed by atoms with E-state index in [1.807, 2.05) is 25.1 Å². The molecule has 0 saturated heterocycles. The summed E-state index contributed by atoms with van der Waals surface area (Å²) in [5.74, 6) is -0.451. The maximum absolute atomic E-state index is 12.3. The lowest BCUT2D eigenvalue weighted by molar-refractivity contribution is 0.429. The number of benzene rings is 2. The molecule has 1 aliphatic rings. The Morgan fingerprint density at radius 2 is 1.89 bits per heavy atom. The molecule has 3 aromatic rings. The number of fused-ring (bicyclic) bond motifs is 1. The van der Waals surface area contributed by atoms with Crippen molar-refractivity contribution in [2.24, 2.45) is 4.99 Å². The third-order valence-electron chi connectivity index (χ3n) is 4.31. The Bertz CT molecular complexity index is 1230. The van der Waals surface area contributed by atoms with Crippen LogP contribution in [0.5, 0.6) is 5.88 Å². The van der Waals surface area contributed by atoms with E-state index in [2.05, 4.69) is 9.98 Å². The second-order valence-electron chi connectivity index (χ2n) is 6.19. The molecule has 134 valence electrons. The molecule has 0 aliphatic carbocycles. The number of nitrogens with zero attached hydrogens (tertiary/aromatic N) is 2. The predicted octanol–water partition coefficient (Wildman–Crippen LogP) is 3.45. The lowest BCUT2D eigenvalue weighted by Gasteiger charge is -2.10. The number of rotatable bonds is 2. The SMILES string of the molecule is Cc1ccc2c(c1)/C(=C/c1c(O)n(-c3ccc(Cl)cc3)c(=O)[nH]c1=O)C=N2. The number of aryl methyl sites for hydroxylation is 1. The molecule has 0 bridgehead atoms. The Morgan fingerprint density at radius 1 is 1.15 bits per heavy atom. The molecule has 0 spiro atoms. The van der Waals surface area contributed by atoms with Crippen molar-refractivity contribution in [3.8, 4) is 11.6 Å². The van der Waals surface area contributed by atoms with Crippen molar-refractivity contribution in [2.45, 2.75) is 6.92 Å². The second kappa shape index (κ2) is 6.41. The molecule has 6 nitrogen and oxygen atoms in total. The second-order valence-corrected chi connectivity index (χ2v) is 6.62. The number of halogens is 1. The van der Waals surface area contributed by atoms with Crippen LogP contribution >= 0.6 is 11.6 Å². The number of aromatic nitrogens is 2. The first-order chi connectivity index (χ1) is 12.9. The van der Waals surface area contributed by atoms with Gasteiger partial charge in [-0.3, -0.25) is 14.8 Å². The average Bonchev–Trinajstić information content (AvgIpc) is 3.02. The van der Waals surface area contributed by atoms with E-state index in [9.17, 15) is 14.7 Å². The van der Waals surface area contributed by atoms with Gasteiger partial charge in [-0.2, -0.15) is 0 Å². The van der Waals surface area contributed by atoms with Gasteiger partial charge in [0.15, 0.2) is 0 Å². The molecule has 4 rings (SSSR count). The molecule has 0 unspecified atom stereocenters. The van der Waals surface area contributed by atoms with E-state index in [-0.39, 0.29) is 5.56 Å². The quantitative estimate of drug-likeness (QED) is 0.714. The number of aliphatic imine (C=N–C) groups is 1. The number of H-pyrrole nitrogens is 1. The lowest BCUT2D eigenvalue weighted by Crippen LogP contribution is -2.30. The fourth-order valence-corrected chi connectivity index (χ4v) is 3.10. The van der Waals surface area contributed by atoms with Crippen LogP contribution in [0.25, 0.3) is 17.3 Å². The van der Waals surface area contributed by atoms with Crippen molar-refractivity contribution in [3.63, 3.8) is 0 Å². The minimum Gasteiger partial charge on any atom is -0.494 e. The van der Waals surface area contributed by atoms with Crippen molar-refractivity contribution in [2.75, 3.05) is 0 Å². The van der Waals surface area contributed by atoms with Crippen LogP contribution in [0.1, 0.15) is 16.7 Å². The van der Waals surface area contributed by atoms with Crippen molar-refractivity contribution >= 4 is 35.2 Å². The van der Waals surface area contributed by atoms with E-state index in [0.717, 1.165) is 21.4 Å². The summed E-state index contributed by atoms with van der Waals surface area (Å²) in [5.41, 5.74) is 2.31. The van der Waals surface area contributed by atoms with E-state index in [0.29, 0.717) is 16.3 Å². The standard InChI is InChI=1S/C20H14ClN3O3/c1-11-2-7-17-15(8-11)12(10-22-17)9-16-18(25)23-20(27)24(19(16)26)14-5-3-13(21)4-6-14/h2-10,26H,1H3,(H,23,25,27)/b12-9+. The van der Waals surface area contributed by atoms with Gasteiger partial charge in [-0.1, -0.05) is 23.2 Å². The molecule has 27 heavy (non-hydrogen) atoms. The molecule has 1 aromatic heterocycles. The Labute approximate surface area is 158 Å². The van der Waals surface area contributed by atoms with Gasteiger partial charge in [-0.05, 0) is 49.4 Å². The van der Waals surface area contributed by atoms with Gasteiger partial charge in [0.2, 0.25) is 5.88 Å². The minimum atomic E-state index is -0.738. The highest BCUT2D eigenvalue weighted by molar-refractivity contribution is 6.30. The van der Waals surface area contributed by atoms with Crippen molar-refractivity contribution in [1.29, 1.82) is 0 Å². The molecule has 0 atom stereocenters. The Hall–Kier alpha value is -3.38. The van der Waals surface area contributed by atoms with Gasteiger partial charge in [0, 0.05) is 22.4 Å². The summed E-state index contributed by atoms with van der Waals surface area (Å²) in [7, 11) is 0. The number of hydrogen-bond acceptors (Lipinski definition) is 4. The largest absolute Gasteiger partial charge is 0.494 e. The first kappa shape index (κ1) is 17.1. The van der Waals surface area contributed by atoms with Crippen LogP contribution in [0.2, 0.25) is 5.02 Å². The van der Waals surface area contributed by atoms with E-state index in [1.165, 1.54) is 6.08 Å². The zero-order valence-corrected chi connectivity index (χ0v) is 15.0. The summed E-state index contributed by atoms with van der Waals surface area (Å²) in [5, 5.41) is 11.1. The number of aromatic amines is 1. The smallest absolute Gasteiger partial charge is 0.335 e. The minimum absolute atomic E-state index is 0.0274. The van der Waals surface area contributed by atoms with Crippen LogP contribution < -0.4 is 11.2 Å². The Kier molecular flexibility index (Phi) is 4.05. The molecule has 0 saturated carbocycles. The highest BCUT2D eigenvalue weighted by Gasteiger charge is 2.17. The fourth-order valence-electron chi connectivity index (χ4n) is 2.97. The topological polar surface area (TPSA) is 87.5 Å². The van der Waals surface area contributed by atoms with Crippen LogP contribution in [0, 0.1) is 6.92 Å². The molecule has 2 N–H and O–H groups in total. The maximum Gasteiger partial charge on any atom is 0.335 e. The van der Waals surface area contributed by atoms with Gasteiger partial charge in [-0.15, -0.1) is 0 Å². The zero-order chi connectivity index (χ0) is 19.1. The molecule has 7 heteroatoms. The molecule has 0 fully saturated rings. The van der Waals surface area contributed by atoms with Crippen LogP contribution in [0.4, 0.5) is 5.69 Å². The molecule has 0 radical (unpaired) electrons. The highest BCUT2D eigenvalue weighted by Crippen LogP contribution is 2.33. The van der Waals surface area contributed by atoms with Crippen molar-refractivity contribution in [1.82, 2.24) is 9.55 Å². The fraction of sp³-hybridized carbons (Fsp3) is 0.0500. The van der Waals surface area contributed by atoms with Crippen molar-refractivity contribution in [3.05, 3.63) is 85.0 Å². The summed E-state index contributed by atoms with van der Waals surface area (Å²) >= 11 is 5.88. The van der Waals surface area contributed by atoms with E-state index in [1.54, 1.807) is 30.5 Å². The number of allylic oxidation sites excluding steroid dienone is 1. The van der Waals surface area contributed by atoms with E-state index >= 15 is 0 Å². The average molecular weight is 380 g/mol. The van der Waals surface area contributed by atoms with Crippen LogP contribution in [0.3, 0.4) is 0 Å². The van der Waals surface area contributed by atoms with Crippen LogP contribution in [-0.2, 0) is 0 Å². The molecular formula is C20H14ClN3O3. The van der Waals surface area contributed by atoms with Crippen LogP contribution in [0.15, 0.2) is 57.0 Å². The molecule has 0 amide bonds. The third-order valence-corrected chi connectivity index (χ3v) is 4.56. The number of nitrogens with one attached hydrogen (secondary N) is 1. The summed E-state index contributed by atoms with van der Waals surface area (Å²) < 4.78 is 1.02. The Balaban J connectivity index is 1.91. The summed E-state index contributed by atoms with van der Waals surface area (Å²) in [4.78, 5) is 31.1.